The van der Waals surface area contributed by atoms with E-state index >= 15 is 0 Å². The first-order chi connectivity index (χ1) is 15.0. The molecule has 0 bridgehead atoms. The highest BCUT2D eigenvalue weighted by Gasteiger charge is 2.31. The number of anilines is 2. The van der Waals surface area contributed by atoms with Gasteiger partial charge < -0.3 is 20.2 Å². The minimum absolute atomic E-state index is 0.299. The predicted octanol–water partition coefficient (Wildman–Crippen LogP) is 3.18. The molecule has 4 heterocycles. The Morgan fingerprint density at radius 3 is 2.90 bits per heavy atom. The minimum atomic E-state index is -0.498. The normalized spacial score (nSPS) is 21.3. The van der Waals surface area contributed by atoms with Crippen molar-refractivity contribution < 1.29 is 18.7 Å². The molecule has 2 saturated heterocycles. The van der Waals surface area contributed by atoms with Crippen molar-refractivity contribution in [2.24, 2.45) is 0 Å². The number of aromatic amines is 1. The largest absolute Gasteiger partial charge is 0.391 e. The Balaban J connectivity index is 1.44. The zero-order valence-corrected chi connectivity index (χ0v) is 16.7. The zero-order chi connectivity index (χ0) is 21.5. The number of aromatic nitrogens is 3. The molecule has 2 aliphatic heterocycles. The van der Waals surface area contributed by atoms with Crippen LogP contribution in [0.5, 0.6) is 0 Å². The molecule has 1 aromatic carbocycles. The van der Waals surface area contributed by atoms with E-state index in [9.17, 15) is 18.7 Å². The molecule has 0 radical (unpaired) electrons. The monoisotopic (exact) mass is 428 g/mol. The van der Waals surface area contributed by atoms with Crippen molar-refractivity contribution in [3.8, 4) is 0 Å². The Morgan fingerprint density at radius 2 is 2.10 bits per heavy atom. The number of hydrogen-bond acceptors (Lipinski definition) is 5. The van der Waals surface area contributed by atoms with Crippen molar-refractivity contribution in [1.29, 1.82) is 0 Å². The van der Waals surface area contributed by atoms with Gasteiger partial charge >= 0.3 is 6.03 Å². The lowest BCUT2D eigenvalue weighted by Crippen LogP contribution is -2.33. The highest BCUT2D eigenvalue weighted by atomic mass is 19.1. The molecule has 0 saturated carbocycles. The Hall–Kier alpha value is -3.27. The maximum atomic E-state index is 14.4. The van der Waals surface area contributed by atoms with Crippen LogP contribution in [0.15, 0.2) is 30.5 Å². The molecule has 10 heteroatoms. The van der Waals surface area contributed by atoms with E-state index in [0.717, 1.165) is 18.6 Å². The number of fused-ring (bicyclic) bond motifs is 1. The third kappa shape index (κ3) is 3.67. The van der Waals surface area contributed by atoms with Crippen LogP contribution in [-0.4, -0.2) is 57.0 Å². The molecule has 2 atom stereocenters. The quantitative estimate of drug-likeness (QED) is 0.595. The van der Waals surface area contributed by atoms with Crippen LogP contribution < -0.4 is 10.2 Å². The fraction of sp³-hybridized carbons (Fsp3) is 0.381. The van der Waals surface area contributed by atoms with Gasteiger partial charge in [-0.1, -0.05) is 0 Å². The summed E-state index contributed by atoms with van der Waals surface area (Å²) in [6.07, 6.45) is 3.08. The number of hydrogen-bond donors (Lipinski definition) is 3. The lowest BCUT2D eigenvalue weighted by atomic mass is 10.0. The summed E-state index contributed by atoms with van der Waals surface area (Å²) in [7, 11) is 0. The van der Waals surface area contributed by atoms with Crippen molar-refractivity contribution in [2.75, 3.05) is 29.9 Å². The Morgan fingerprint density at radius 1 is 1.23 bits per heavy atom. The third-order valence-corrected chi connectivity index (χ3v) is 5.94. The van der Waals surface area contributed by atoms with E-state index in [1.165, 1.54) is 12.3 Å². The van der Waals surface area contributed by atoms with E-state index in [2.05, 4.69) is 20.5 Å². The average Bonchev–Trinajstić information content (AvgIpc) is 3.48. The third-order valence-electron chi connectivity index (χ3n) is 5.94. The second-order valence-electron chi connectivity index (χ2n) is 8.00. The van der Waals surface area contributed by atoms with Crippen molar-refractivity contribution in [3.63, 3.8) is 0 Å². The van der Waals surface area contributed by atoms with Gasteiger partial charge in [-0.25, -0.2) is 18.6 Å². The summed E-state index contributed by atoms with van der Waals surface area (Å²) >= 11 is 0. The van der Waals surface area contributed by atoms with Gasteiger partial charge in [0.1, 0.15) is 11.6 Å². The molecule has 5 rings (SSSR count). The summed E-state index contributed by atoms with van der Waals surface area (Å²) in [5.41, 5.74) is 1.34. The molecule has 2 amide bonds. The van der Waals surface area contributed by atoms with Gasteiger partial charge in [0.2, 0.25) is 0 Å². The first-order valence-corrected chi connectivity index (χ1v) is 10.3. The van der Waals surface area contributed by atoms with Crippen molar-refractivity contribution in [3.05, 3.63) is 47.7 Å². The standard InChI is InChI=1S/C21H22F2N6O2/c22-12-3-4-17(23)15(8-12)18-2-1-6-29(18)20-16-9-13(10-24-19(16)26-27-20)25-21(31)28-7-5-14(30)11-28/h3-4,8-10,14,18,30H,1-2,5-7,11H2,(H,25,31)(H,24,26,27). The molecule has 2 aliphatic rings. The number of likely N-dealkylation sites (tertiary alicyclic amines) is 1. The van der Waals surface area contributed by atoms with E-state index in [4.69, 9.17) is 0 Å². The molecule has 2 aromatic heterocycles. The summed E-state index contributed by atoms with van der Waals surface area (Å²) in [6.45, 7) is 1.43. The molecular weight excluding hydrogens is 406 g/mol. The fourth-order valence-corrected chi connectivity index (χ4v) is 4.42. The summed E-state index contributed by atoms with van der Waals surface area (Å²) in [6, 6.07) is 4.62. The van der Waals surface area contributed by atoms with E-state index in [-0.39, 0.29) is 12.1 Å². The number of nitrogens with one attached hydrogen (secondary N) is 2. The minimum Gasteiger partial charge on any atom is -0.391 e. The Kier molecular flexibility index (Phi) is 4.93. The first kappa shape index (κ1) is 19.7. The molecule has 0 spiro atoms. The average molecular weight is 428 g/mol. The molecule has 2 fully saturated rings. The Labute approximate surface area is 176 Å². The lowest BCUT2D eigenvalue weighted by Gasteiger charge is -2.25. The van der Waals surface area contributed by atoms with E-state index in [1.807, 2.05) is 4.90 Å². The highest BCUT2D eigenvalue weighted by Crippen LogP contribution is 2.39. The number of β-amino-alcohol motifs (C(OH)–C–C–N with tert-alkyl or cyclic N) is 1. The second kappa shape index (κ2) is 7.77. The molecule has 8 nitrogen and oxygen atoms in total. The summed E-state index contributed by atoms with van der Waals surface area (Å²) < 4.78 is 28.2. The highest BCUT2D eigenvalue weighted by molar-refractivity contribution is 5.95. The van der Waals surface area contributed by atoms with Crippen molar-refractivity contribution >= 4 is 28.6 Å². The van der Waals surface area contributed by atoms with Gasteiger partial charge in [0.25, 0.3) is 0 Å². The molecule has 162 valence electrons. The van der Waals surface area contributed by atoms with Crippen LogP contribution in [0.25, 0.3) is 11.0 Å². The summed E-state index contributed by atoms with van der Waals surface area (Å²) in [5, 5.41) is 20.4. The summed E-state index contributed by atoms with van der Waals surface area (Å²) in [5.74, 6) is -0.341. The summed E-state index contributed by atoms with van der Waals surface area (Å²) in [4.78, 5) is 20.3. The van der Waals surface area contributed by atoms with E-state index in [0.29, 0.717) is 60.6 Å². The number of aliphatic hydroxyl groups is 1. The topological polar surface area (TPSA) is 97.4 Å². The fourth-order valence-electron chi connectivity index (χ4n) is 4.42. The number of aliphatic hydroxyl groups excluding tert-OH is 1. The number of amides is 2. The van der Waals surface area contributed by atoms with Crippen LogP contribution >= 0.6 is 0 Å². The molecule has 3 aromatic rings. The number of pyridine rings is 1. The maximum absolute atomic E-state index is 14.4. The SMILES string of the molecule is O=C(Nc1cnc2[nH]nc(N3CCCC3c3cc(F)ccc3F)c2c1)N1CCC(O)C1. The van der Waals surface area contributed by atoms with Gasteiger partial charge in [0, 0.05) is 25.2 Å². The van der Waals surface area contributed by atoms with Crippen molar-refractivity contribution in [2.45, 2.75) is 31.4 Å². The number of rotatable bonds is 3. The number of urea groups is 1. The lowest BCUT2D eigenvalue weighted by molar-refractivity contribution is 0.176. The molecule has 2 unspecified atom stereocenters. The van der Waals surface area contributed by atoms with Gasteiger partial charge in [-0.2, -0.15) is 5.10 Å². The molecular formula is C21H22F2N6O2. The second-order valence-corrected chi connectivity index (χ2v) is 8.00. The number of halogens is 2. The maximum Gasteiger partial charge on any atom is 0.321 e. The number of H-pyrrole nitrogens is 1. The van der Waals surface area contributed by atoms with Gasteiger partial charge in [-0.15, -0.1) is 0 Å². The van der Waals surface area contributed by atoms with Crippen LogP contribution in [0.4, 0.5) is 25.1 Å². The Bertz CT molecular complexity index is 1140. The van der Waals surface area contributed by atoms with Crippen LogP contribution in [0.1, 0.15) is 30.9 Å². The number of carbonyl (C=O) groups excluding carboxylic acids is 1. The molecule has 31 heavy (non-hydrogen) atoms. The molecule has 3 N–H and O–H groups in total. The number of carbonyl (C=O) groups is 1. The van der Waals surface area contributed by atoms with Gasteiger partial charge in [-0.05, 0) is 43.5 Å². The smallest absolute Gasteiger partial charge is 0.321 e. The first-order valence-electron chi connectivity index (χ1n) is 10.3. The van der Waals surface area contributed by atoms with Crippen LogP contribution in [0, 0.1) is 11.6 Å². The predicted molar refractivity (Wildman–Crippen MR) is 111 cm³/mol. The van der Waals surface area contributed by atoms with Gasteiger partial charge in [-0.3, -0.25) is 5.10 Å². The number of benzene rings is 1. The van der Waals surface area contributed by atoms with E-state index in [1.54, 1.807) is 11.0 Å². The van der Waals surface area contributed by atoms with Gasteiger partial charge in [0.05, 0.1) is 29.4 Å². The number of nitrogens with zero attached hydrogens (tertiary/aromatic N) is 4. The van der Waals surface area contributed by atoms with E-state index < -0.39 is 17.7 Å². The van der Waals surface area contributed by atoms with Crippen LogP contribution in [-0.2, 0) is 0 Å². The zero-order valence-electron chi connectivity index (χ0n) is 16.7. The van der Waals surface area contributed by atoms with Crippen LogP contribution in [0.2, 0.25) is 0 Å². The van der Waals surface area contributed by atoms with Gasteiger partial charge in [0.15, 0.2) is 11.5 Å². The molecule has 0 aliphatic carbocycles. The van der Waals surface area contributed by atoms with Crippen LogP contribution in [0.3, 0.4) is 0 Å². The van der Waals surface area contributed by atoms with Crippen molar-refractivity contribution in [1.82, 2.24) is 20.1 Å².